The third-order valence-corrected chi connectivity index (χ3v) is 3.63. The van der Waals surface area contributed by atoms with E-state index in [-0.39, 0.29) is 5.28 Å². The van der Waals surface area contributed by atoms with Crippen LogP contribution in [0.2, 0.25) is 5.28 Å². The van der Waals surface area contributed by atoms with Gasteiger partial charge in [-0.2, -0.15) is 9.97 Å². The molecule has 1 aromatic carbocycles. The number of imidazole rings is 1. The van der Waals surface area contributed by atoms with Gasteiger partial charge in [-0.3, -0.25) is 0 Å². The summed E-state index contributed by atoms with van der Waals surface area (Å²) in [7, 11) is 0. The van der Waals surface area contributed by atoms with Crippen LogP contribution in [0.15, 0.2) is 22.9 Å². The molecule has 3 aromatic rings. The molecule has 2 N–H and O–H groups in total. The molecule has 2 aromatic heterocycles. The number of H-pyrrole nitrogens is 1. The van der Waals surface area contributed by atoms with E-state index in [1.807, 2.05) is 26.0 Å². The summed E-state index contributed by atoms with van der Waals surface area (Å²) in [5, 5.41) is 3.48. The third kappa shape index (κ3) is 2.36. The van der Waals surface area contributed by atoms with Crippen molar-refractivity contribution in [2.24, 2.45) is 0 Å². The van der Waals surface area contributed by atoms with Gasteiger partial charge in [-0.05, 0) is 48.7 Å². The Labute approximate surface area is 128 Å². The zero-order chi connectivity index (χ0) is 14.3. The first-order chi connectivity index (χ1) is 9.54. The lowest BCUT2D eigenvalue weighted by atomic mass is 10.1. The molecule has 2 heterocycles. The van der Waals surface area contributed by atoms with Crippen LogP contribution >= 0.6 is 27.5 Å². The van der Waals surface area contributed by atoms with E-state index < -0.39 is 0 Å². The first-order valence-electron chi connectivity index (χ1n) is 5.95. The zero-order valence-corrected chi connectivity index (χ0v) is 13.2. The number of fused-ring (bicyclic) bond motifs is 1. The minimum atomic E-state index is 0.166. The highest BCUT2D eigenvalue weighted by molar-refractivity contribution is 9.10. The van der Waals surface area contributed by atoms with E-state index in [2.05, 4.69) is 41.2 Å². The molecule has 0 amide bonds. The molecule has 0 aliphatic rings. The first kappa shape index (κ1) is 13.3. The smallest absolute Gasteiger partial charge is 0.226 e. The monoisotopic (exact) mass is 351 g/mol. The molecule has 0 unspecified atom stereocenters. The molecule has 0 saturated heterocycles. The van der Waals surface area contributed by atoms with Crippen LogP contribution in [0.25, 0.3) is 11.2 Å². The largest absolute Gasteiger partial charge is 0.340 e. The number of aromatic amines is 1. The van der Waals surface area contributed by atoms with Gasteiger partial charge < -0.3 is 10.3 Å². The lowest BCUT2D eigenvalue weighted by molar-refractivity contribution is 1.19. The Morgan fingerprint density at radius 3 is 2.60 bits per heavy atom. The Morgan fingerprint density at radius 1 is 1.20 bits per heavy atom. The summed E-state index contributed by atoms with van der Waals surface area (Å²) < 4.78 is 1.05. The standard InChI is InChI=1S/C13H11BrClN5/c1-6-3-8(14)4-7(2)9(6)18-12-10-11(17-5-16-10)19-13(15)20-12/h3-5H,1-2H3,(H2,16,17,18,19,20). The van der Waals surface area contributed by atoms with Crippen LogP contribution in [0, 0.1) is 13.8 Å². The van der Waals surface area contributed by atoms with Crippen LogP contribution < -0.4 is 5.32 Å². The Bertz CT molecular complexity index is 776. The van der Waals surface area contributed by atoms with Gasteiger partial charge in [-0.1, -0.05) is 15.9 Å². The fourth-order valence-corrected chi connectivity index (χ4v) is 2.97. The van der Waals surface area contributed by atoms with Crippen LogP contribution in [-0.4, -0.2) is 19.9 Å². The SMILES string of the molecule is Cc1cc(Br)cc(C)c1Nc1nc(Cl)nc2nc[nH]c12. The molecule has 0 atom stereocenters. The van der Waals surface area contributed by atoms with Crippen LogP contribution in [-0.2, 0) is 0 Å². The predicted molar refractivity (Wildman–Crippen MR) is 83.6 cm³/mol. The maximum atomic E-state index is 5.93. The Balaban J connectivity index is 2.12. The number of aromatic nitrogens is 4. The molecule has 0 bridgehead atoms. The van der Waals surface area contributed by atoms with Crippen LogP contribution in [0.1, 0.15) is 11.1 Å². The number of hydrogen-bond donors (Lipinski definition) is 2. The second-order valence-electron chi connectivity index (χ2n) is 4.48. The van der Waals surface area contributed by atoms with E-state index in [1.165, 1.54) is 0 Å². The van der Waals surface area contributed by atoms with E-state index in [0.29, 0.717) is 11.5 Å². The number of halogens is 2. The summed E-state index contributed by atoms with van der Waals surface area (Å²) in [6.07, 6.45) is 1.57. The van der Waals surface area contributed by atoms with Gasteiger partial charge in [0.25, 0.3) is 0 Å². The molecule has 0 radical (unpaired) electrons. The number of aryl methyl sites for hydroxylation is 2. The molecule has 0 saturated carbocycles. The maximum Gasteiger partial charge on any atom is 0.226 e. The molecule has 7 heteroatoms. The molecule has 102 valence electrons. The third-order valence-electron chi connectivity index (χ3n) is 3.00. The minimum absolute atomic E-state index is 0.166. The zero-order valence-electron chi connectivity index (χ0n) is 10.8. The van der Waals surface area contributed by atoms with Gasteiger partial charge in [0.2, 0.25) is 5.28 Å². The van der Waals surface area contributed by atoms with Crippen molar-refractivity contribution in [3.8, 4) is 0 Å². The molecule has 20 heavy (non-hydrogen) atoms. The van der Waals surface area contributed by atoms with Gasteiger partial charge in [0.05, 0.1) is 6.33 Å². The average Bonchev–Trinajstić information content (AvgIpc) is 2.81. The number of benzene rings is 1. The fraction of sp³-hybridized carbons (Fsp3) is 0.154. The minimum Gasteiger partial charge on any atom is -0.340 e. The van der Waals surface area contributed by atoms with Crippen molar-refractivity contribution in [1.82, 2.24) is 19.9 Å². The van der Waals surface area contributed by atoms with Gasteiger partial charge in [0.1, 0.15) is 5.52 Å². The van der Waals surface area contributed by atoms with E-state index >= 15 is 0 Å². The van der Waals surface area contributed by atoms with Crippen molar-refractivity contribution in [2.45, 2.75) is 13.8 Å². The second kappa shape index (κ2) is 5.03. The predicted octanol–water partition coefficient (Wildman–Crippen LogP) is 4.13. The molecule has 0 fully saturated rings. The topological polar surface area (TPSA) is 66.5 Å². The first-order valence-corrected chi connectivity index (χ1v) is 7.12. The average molecular weight is 353 g/mol. The Morgan fingerprint density at radius 2 is 1.90 bits per heavy atom. The highest BCUT2D eigenvalue weighted by Gasteiger charge is 2.11. The van der Waals surface area contributed by atoms with Gasteiger partial charge in [0, 0.05) is 10.2 Å². The van der Waals surface area contributed by atoms with Crippen molar-refractivity contribution in [1.29, 1.82) is 0 Å². The quantitative estimate of drug-likeness (QED) is 0.681. The summed E-state index contributed by atoms with van der Waals surface area (Å²) in [5.41, 5.74) is 4.49. The normalized spacial score (nSPS) is 11.0. The molecule has 0 aliphatic carbocycles. The number of rotatable bonds is 2. The van der Waals surface area contributed by atoms with Crippen molar-refractivity contribution in [2.75, 3.05) is 5.32 Å². The fourth-order valence-electron chi connectivity index (χ4n) is 2.12. The molecular formula is C13H11BrClN5. The van der Waals surface area contributed by atoms with Crippen molar-refractivity contribution < 1.29 is 0 Å². The maximum absolute atomic E-state index is 5.93. The van der Waals surface area contributed by atoms with E-state index in [9.17, 15) is 0 Å². The lowest BCUT2D eigenvalue weighted by Gasteiger charge is -2.13. The molecule has 3 rings (SSSR count). The highest BCUT2D eigenvalue weighted by atomic mass is 79.9. The van der Waals surface area contributed by atoms with Crippen LogP contribution in [0.3, 0.4) is 0 Å². The molecule has 0 spiro atoms. The Hall–Kier alpha value is -1.66. The van der Waals surface area contributed by atoms with Gasteiger partial charge in [-0.15, -0.1) is 0 Å². The van der Waals surface area contributed by atoms with Gasteiger partial charge in [-0.25, -0.2) is 4.98 Å². The lowest BCUT2D eigenvalue weighted by Crippen LogP contribution is -2.00. The summed E-state index contributed by atoms with van der Waals surface area (Å²) in [5.74, 6) is 0.617. The van der Waals surface area contributed by atoms with E-state index in [0.717, 1.165) is 26.8 Å². The second-order valence-corrected chi connectivity index (χ2v) is 5.74. The van der Waals surface area contributed by atoms with Crippen LogP contribution in [0.4, 0.5) is 11.5 Å². The molecule has 5 nitrogen and oxygen atoms in total. The Kier molecular flexibility index (Phi) is 3.35. The van der Waals surface area contributed by atoms with Crippen LogP contribution in [0.5, 0.6) is 0 Å². The van der Waals surface area contributed by atoms with Gasteiger partial charge >= 0.3 is 0 Å². The van der Waals surface area contributed by atoms with Crippen molar-refractivity contribution >= 4 is 50.2 Å². The van der Waals surface area contributed by atoms with Crippen molar-refractivity contribution in [3.63, 3.8) is 0 Å². The molecular weight excluding hydrogens is 342 g/mol. The number of anilines is 2. The summed E-state index contributed by atoms with van der Waals surface area (Å²) in [6, 6.07) is 4.09. The summed E-state index contributed by atoms with van der Waals surface area (Å²) >= 11 is 9.42. The number of nitrogens with zero attached hydrogens (tertiary/aromatic N) is 3. The van der Waals surface area contributed by atoms with E-state index in [4.69, 9.17) is 11.6 Å². The highest BCUT2D eigenvalue weighted by Crippen LogP contribution is 2.29. The van der Waals surface area contributed by atoms with E-state index in [1.54, 1.807) is 6.33 Å². The summed E-state index contributed by atoms with van der Waals surface area (Å²) in [6.45, 7) is 4.07. The summed E-state index contributed by atoms with van der Waals surface area (Å²) in [4.78, 5) is 15.4. The van der Waals surface area contributed by atoms with Gasteiger partial charge in [0.15, 0.2) is 11.5 Å². The van der Waals surface area contributed by atoms with Crippen molar-refractivity contribution in [3.05, 3.63) is 39.3 Å². The number of hydrogen-bond acceptors (Lipinski definition) is 4. The number of nitrogens with one attached hydrogen (secondary N) is 2. The molecule has 0 aliphatic heterocycles.